The summed E-state index contributed by atoms with van der Waals surface area (Å²) in [6.45, 7) is 4.11. The first-order chi connectivity index (χ1) is 18.2. The molecule has 7 nitrogen and oxygen atoms in total. The van der Waals surface area contributed by atoms with Gasteiger partial charge < -0.3 is 14.1 Å². The zero-order valence-electron chi connectivity index (χ0n) is 21.1. The van der Waals surface area contributed by atoms with Crippen molar-refractivity contribution in [2.45, 2.75) is 39.0 Å². The highest BCUT2D eigenvalue weighted by molar-refractivity contribution is 7.91. The molecule has 2 aliphatic rings. The third-order valence-electron chi connectivity index (χ3n) is 7.36. The van der Waals surface area contributed by atoms with Gasteiger partial charge in [0.1, 0.15) is 17.9 Å². The smallest absolute Gasteiger partial charge is 0.291 e. The lowest BCUT2D eigenvalue weighted by atomic mass is 9.96. The van der Waals surface area contributed by atoms with Crippen LogP contribution in [0.5, 0.6) is 5.75 Å². The van der Waals surface area contributed by atoms with Crippen LogP contribution in [0.4, 0.5) is 0 Å². The number of hydrogen-bond donors (Lipinski definition) is 0. The van der Waals surface area contributed by atoms with E-state index in [4.69, 9.17) is 9.15 Å². The summed E-state index contributed by atoms with van der Waals surface area (Å²) in [5.41, 5.74) is 3.72. The van der Waals surface area contributed by atoms with Crippen molar-refractivity contribution in [1.29, 1.82) is 0 Å². The molecule has 3 heterocycles. The Morgan fingerprint density at radius 1 is 1.00 bits per heavy atom. The van der Waals surface area contributed by atoms with Crippen molar-refractivity contribution in [1.82, 2.24) is 4.90 Å². The molecule has 2 aliphatic heterocycles. The molecule has 0 spiro atoms. The van der Waals surface area contributed by atoms with Crippen molar-refractivity contribution in [3.8, 4) is 5.75 Å². The van der Waals surface area contributed by atoms with Crippen LogP contribution < -0.4 is 10.2 Å². The molecular formula is C30H27NO6S. The Morgan fingerprint density at radius 3 is 2.53 bits per heavy atom. The van der Waals surface area contributed by atoms with Crippen molar-refractivity contribution in [3.63, 3.8) is 0 Å². The maximum absolute atomic E-state index is 13.9. The zero-order valence-corrected chi connectivity index (χ0v) is 22.0. The molecule has 0 N–H and O–H groups in total. The van der Waals surface area contributed by atoms with Gasteiger partial charge in [-0.1, -0.05) is 48.5 Å². The van der Waals surface area contributed by atoms with Crippen LogP contribution in [-0.4, -0.2) is 36.8 Å². The molecule has 1 saturated heterocycles. The molecular weight excluding hydrogens is 502 g/mol. The average Bonchev–Trinajstić information content (AvgIpc) is 3.40. The Morgan fingerprint density at radius 2 is 1.79 bits per heavy atom. The predicted molar refractivity (Wildman–Crippen MR) is 144 cm³/mol. The number of sulfone groups is 1. The van der Waals surface area contributed by atoms with E-state index in [0.29, 0.717) is 35.3 Å². The minimum absolute atomic E-state index is 0.00634. The fourth-order valence-electron chi connectivity index (χ4n) is 5.66. The van der Waals surface area contributed by atoms with Crippen LogP contribution in [0.15, 0.2) is 75.9 Å². The molecule has 3 aromatic carbocycles. The normalized spacial score (nSPS) is 20.2. The molecule has 0 bridgehead atoms. The number of carbonyl (C=O) groups excluding carboxylic acids is 1. The quantitative estimate of drug-likeness (QED) is 0.371. The molecule has 8 heteroatoms. The summed E-state index contributed by atoms with van der Waals surface area (Å²) in [6, 6.07) is 19.4. The van der Waals surface area contributed by atoms with Crippen LogP contribution in [0.2, 0.25) is 0 Å². The predicted octanol–water partition coefficient (Wildman–Crippen LogP) is 4.72. The Balaban J connectivity index is 1.49. The molecule has 4 aromatic rings. The molecule has 1 amide bonds. The van der Waals surface area contributed by atoms with Crippen molar-refractivity contribution in [2.75, 3.05) is 11.5 Å². The molecule has 194 valence electrons. The van der Waals surface area contributed by atoms with Crippen LogP contribution in [0.3, 0.4) is 0 Å². The third kappa shape index (κ3) is 4.19. The first kappa shape index (κ1) is 24.4. The number of aryl methyl sites for hydroxylation is 2. The summed E-state index contributed by atoms with van der Waals surface area (Å²) >= 11 is 0. The highest BCUT2D eigenvalue weighted by Crippen LogP contribution is 2.42. The maximum atomic E-state index is 13.9. The van der Waals surface area contributed by atoms with E-state index in [1.54, 1.807) is 6.07 Å². The SMILES string of the molecule is Cc1cc(C)c2oc3c(c(=O)c2c1)C(c1cccc(OCc2ccccc2)c1)N(C1CCS(=O)(=O)C1)C3=O. The average molecular weight is 530 g/mol. The topological polar surface area (TPSA) is 93.9 Å². The first-order valence-corrected chi connectivity index (χ1v) is 14.4. The molecule has 0 radical (unpaired) electrons. The van der Waals surface area contributed by atoms with Gasteiger partial charge in [0.05, 0.1) is 28.5 Å². The van der Waals surface area contributed by atoms with Gasteiger partial charge >= 0.3 is 0 Å². The van der Waals surface area contributed by atoms with E-state index in [2.05, 4.69) is 0 Å². The Hall–Kier alpha value is -3.91. The van der Waals surface area contributed by atoms with E-state index in [1.807, 2.05) is 74.5 Å². The van der Waals surface area contributed by atoms with Gasteiger partial charge in [0.2, 0.25) is 5.76 Å². The van der Waals surface area contributed by atoms with Crippen LogP contribution in [0.1, 0.15) is 50.8 Å². The van der Waals surface area contributed by atoms with Gasteiger partial charge in [-0.05, 0) is 60.7 Å². The van der Waals surface area contributed by atoms with Crippen molar-refractivity contribution >= 4 is 26.7 Å². The van der Waals surface area contributed by atoms with Gasteiger partial charge in [0.15, 0.2) is 15.3 Å². The number of carbonyl (C=O) groups is 1. The summed E-state index contributed by atoms with van der Waals surface area (Å²) in [6.07, 6.45) is 0.314. The molecule has 0 saturated carbocycles. The molecule has 38 heavy (non-hydrogen) atoms. The molecule has 6 rings (SSSR count). The standard InChI is InChI=1S/C30H27NO6S/c1-18-13-19(2)28-24(14-18)27(32)25-26(31(30(33)29(25)37-28)22-11-12-38(34,35)17-22)21-9-6-10-23(15-21)36-16-20-7-4-3-5-8-20/h3-10,13-15,22,26H,11-12,16-17H2,1-2H3. The molecule has 2 atom stereocenters. The first-order valence-electron chi connectivity index (χ1n) is 12.6. The lowest BCUT2D eigenvalue weighted by Crippen LogP contribution is -2.40. The number of hydrogen-bond acceptors (Lipinski definition) is 6. The summed E-state index contributed by atoms with van der Waals surface area (Å²) in [5, 5.41) is 0.413. The highest BCUT2D eigenvalue weighted by Gasteiger charge is 2.48. The third-order valence-corrected chi connectivity index (χ3v) is 9.11. The number of benzene rings is 3. The lowest BCUT2D eigenvalue weighted by molar-refractivity contribution is 0.0662. The number of amides is 1. The van der Waals surface area contributed by atoms with Crippen LogP contribution in [0, 0.1) is 13.8 Å². The van der Waals surface area contributed by atoms with Crippen LogP contribution in [0.25, 0.3) is 11.0 Å². The van der Waals surface area contributed by atoms with Gasteiger partial charge in [-0.25, -0.2) is 8.42 Å². The van der Waals surface area contributed by atoms with Crippen LogP contribution >= 0.6 is 0 Å². The molecule has 0 aliphatic carbocycles. The minimum atomic E-state index is -3.28. The minimum Gasteiger partial charge on any atom is -0.489 e. The van der Waals surface area contributed by atoms with Gasteiger partial charge in [-0.3, -0.25) is 9.59 Å². The van der Waals surface area contributed by atoms with E-state index < -0.39 is 27.8 Å². The van der Waals surface area contributed by atoms with Gasteiger partial charge in [-0.15, -0.1) is 0 Å². The largest absolute Gasteiger partial charge is 0.489 e. The summed E-state index contributed by atoms with van der Waals surface area (Å²) in [7, 11) is -3.28. The molecule has 1 fully saturated rings. The summed E-state index contributed by atoms with van der Waals surface area (Å²) in [4.78, 5) is 29.3. The highest BCUT2D eigenvalue weighted by atomic mass is 32.2. The van der Waals surface area contributed by atoms with Crippen LogP contribution in [-0.2, 0) is 16.4 Å². The number of rotatable bonds is 5. The van der Waals surface area contributed by atoms with Gasteiger partial charge in [-0.2, -0.15) is 0 Å². The lowest BCUT2D eigenvalue weighted by Gasteiger charge is -2.30. The van der Waals surface area contributed by atoms with E-state index >= 15 is 0 Å². The fraction of sp³-hybridized carbons (Fsp3) is 0.267. The Labute approximate surface area is 220 Å². The van der Waals surface area contributed by atoms with Crippen molar-refractivity contribution < 1.29 is 22.4 Å². The zero-order chi connectivity index (χ0) is 26.6. The monoisotopic (exact) mass is 529 g/mol. The molecule has 1 aromatic heterocycles. The maximum Gasteiger partial charge on any atom is 0.291 e. The Bertz CT molecular complexity index is 1740. The Kier molecular flexibility index (Phi) is 5.87. The van der Waals surface area contributed by atoms with E-state index in [0.717, 1.165) is 16.7 Å². The van der Waals surface area contributed by atoms with E-state index in [9.17, 15) is 18.0 Å². The van der Waals surface area contributed by atoms with Crippen molar-refractivity contribution in [2.24, 2.45) is 0 Å². The summed E-state index contributed by atoms with van der Waals surface area (Å²) in [5.74, 6) is -0.0183. The van der Waals surface area contributed by atoms with Gasteiger partial charge in [0, 0.05) is 6.04 Å². The van der Waals surface area contributed by atoms with E-state index in [1.165, 1.54) is 4.90 Å². The number of fused-ring (bicyclic) bond motifs is 2. The van der Waals surface area contributed by atoms with E-state index in [-0.39, 0.29) is 28.3 Å². The second kappa shape index (κ2) is 9.13. The number of nitrogens with zero attached hydrogens (tertiary/aromatic N) is 1. The van der Waals surface area contributed by atoms with Crippen molar-refractivity contribution in [3.05, 3.63) is 111 Å². The molecule has 2 unspecified atom stereocenters. The number of ether oxygens (including phenoxy) is 1. The second-order valence-electron chi connectivity index (χ2n) is 10.2. The second-order valence-corrected chi connectivity index (χ2v) is 12.4. The van der Waals surface area contributed by atoms with Gasteiger partial charge in [0.25, 0.3) is 5.91 Å². The fourth-order valence-corrected chi connectivity index (χ4v) is 7.37. The summed E-state index contributed by atoms with van der Waals surface area (Å²) < 4.78 is 37.0.